The van der Waals surface area contributed by atoms with Crippen LogP contribution in [0.2, 0.25) is 0 Å². The van der Waals surface area contributed by atoms with Crippen LogP contribution in [0.5, 0.6) is 0 Å². The lowest BCUT2D eigenvalue weighted by atomic mass is 9.91. The molecule has 4 heteroatoms. The van der Waals surface area contributed by atoms with Gasteiger partial charge in [0.2, 0.25) is 0 Å². The SMILES string of the molecule is BrCCCCCCC(Br)Cc1ccc2ccccc2c1CC(Br)CCCCCCBr. The van der Waals surface area contributed by atoms with Gasteiger partial charge >= 0.3 is 0 Å². The Kier molecular flexibility index (Phi) is 14.6. The van der Waals surface area contributed by atoms with Crippen LogP contribution in [0, 0.1) is 0 Å². The minimum atomic E-state index is 0.559. The fraction of sp³-hybridized carbons (Fsp3) is 0.615. The first-order valence-electron chi connectivity index (χ1n) is 11.5. The Morgan fingerprint density at radius 2 is 1.17 bits per heavy atom. The van der Waals surface area contributed by atoms with Gasteiger partial charge in [-0.3, -0.25) is 0 Å². The summed E-state index contributed by atoms with van der Waals surface area (Å²) in [7, 11) is 0. The highest BCUT2D eigenvalue weighted by Gasteiger charge is 2.15. The molecule has 0 heterocycles. The molecule has 2 aromatic rings. The summed E-state index contributed by atoms with van der Waals surface area (Å²) in [6.45, 7) is 0. The van der Waals surface area contributed by atoms with Crippen LogP contribution >= 0.6 is 63.7 Å². The van der Waals surface area contributed by atoms with E-state index in [0.29, 0.717) is 9.65 Å². The van der Waals surface area contributed by atoms with Crippen molar-refractivity contribution in [2.24, 2.45) is 0 Å². The second-order valence-electron chi connectivity index (χ2n) is 8.31. The van der Waals surface area contributed by atoms with Gasteiger partial charge in [-0.25, -0.2) is 0 Å². The maximum atomic E-state index is 4.01. The van der Waals surface area contributed by atoms with Crippen LogP contribution in [0.3, 0.4) is 0 Å². The number of benzene rings is 2. The molecule has 0 amide bonds. The first-order valence-corrected chi connectivity index (χ1v) is 15.6. The van der Waals surface area contributed by atoms with Gasteiger partial charge in [-0.2, -0.15) is 0 Å². The molecule has 0 nitrogen and oxygen atoms in total. The zero-order valence-corrected chi connectivity index (χ0v) is 24.4. The Balaban J connectivity index is 2.00. The largest absolute Gasteiger partial charge is 0.0928 e. The van der Waals surface area contributed by atoms with Crippen LogP contribution in [0.15, 0.2) is 36.4 Å². The van der Waals surface area contributed by atoms with Crippen molar-refractivity contribution in [3.05, 3.63) is 47.5 Å². The lowest BCUT2D eigenvalue weighted by molar-refractivity contribution is 0.615. The van der Waals surface area contributed by atoms with Crippen molar-refractivity contribution in [3.63, 3.8) is 0 Å². The summed E-state index contributed by atoms with van der Waals surface area (Å²) in [6, 6.07) is 13.6. The molecule has 0 saturated heterocycles. The Morgan fingerprint density at radius 3 is 1.80 bits per heavy atom. The monoisotopic (exact) mass is 664 g/mol. The molecule has 0 aromatic heterocycles. The lowest BCUT2D eigenvalue weighted by Gasteiger charge is -2.19. The molecule has 2 unspecified atom stereocenters. The van der Waals surface area contributed by atoms with Gasteiger partial charge in [0.05, 0.1) is 0 Å². The van der Waals surface area contributed by atoms with Crippen molar-refractivity contribution in [2.75, 3.05) is 10.7 Å². The number of halogens is 4. The van der Waals surface area contributed by atoms with Crippen molar-refractivity contribution in [1.29, 1.82) is 0 Å². The molecule has 0 spiro atoms. The van der Waals surface area contributed by atoms with Crippen molar-refractivity contribution in [2.45, 2.75) is 86.7 Å². The number of rotatable bonds is 16. The number of hydrogen-bond acceptors (Lipinski definition) is 0. The molecule has 0 aliphatic heterocycles. The molecule has 0 aliphatic rings. The minimum Gasteiger partial charge on any atom is -0.0928 e. The molecule has 0 fully saturated rings. The van der Waals surface area contributed by atoms with Crippen LogP contribution in [0.25, 0.3) is 10.8 Å². The van der Waals surface area contributed by atoms with E-state index in [1.807, 2.05) is 0 Å². The Labute approximate surface area is 217 Å². The van der Waals surface area contributed by atoms with E-state index in [9.17, 15) is 0 Å². The predicted octanol–water partition coefficient (Wildman–Crippen LogP) is 10.1. The second kappa shape index (κ2) is 16.3. The van der Waals surface area contributed by atoms with Gasteiger partial charge in [-0.15, -0.1) is 0 Å². The van der Waals surface area contributed by atoms with Gasteiger partial charge in [0.1, 0.15) is 0 Å². The van der Waals surface area contributed by atoms with Gasteiger partial charge < -0.3 is 0 Å². The first kappa shape index (κ1) is 26.9. The molecule has 30 heavy (non-hydrogen) atoms. The molecule has 2 aromatic carbocycles. The van der Waals surface area contributed by atoms with Gasteiger partial charge in [0.15, 0.2) is 0 Å². The number of fused-ring (bicyclic) bond motifs is 1. The van der Waals surface area contributed by atoms with Gasteiger partial charge in [0.25, 0.3) is 0 Å². The van der Waals surface area contributed by atoms with Crippen molar-refractivity contribution in [3.8, 4) is 0 Å². The predicted molar refractivity (Wildman–Crippen MR) is 151 cm³/mol. The van der Waals surface area contributed by atoms with Crippen LogP contribution in [0.1, 0.15) is 75.3 Å². The summed E-state index contributed by atoms with van der Waals surface area (Å²) in [5.74, 6) is 0. The van der Waals surface area contributed by atoms with Gasteiger partial charge in [-0.05, 0) is 60.4 Å². The van der Waals surface area contributed by atoms with E-state index in [4.69, 9.17) is 0 Å². The topological polar surface area (TPSA) is 0 Å². The molecule has 0 radical (unpaired) electrons. The maximum absolute atomic E-state index is 4.01. The summed E-state index contributed by atoms with van der Waals surface area (Å²) in [4.78, 5) is 1.13. The lowest BCUT2D eigenvalue weighted by Crippen LogP contribution is -2.10. The fourth-order valence-corrected chi connectivity index (χ4v) is 6.22. The van der Waals surface area contributed by atoms with Gasteiger partial charge in [0, 0.05) is 20.3 Å². The molecule has 2 rings (SSSR count). The van der Waals surface area contributed by atoms with Crippen LogP contribution in [-0.2, 0) is 12.8 Å². The fourth-order valence-electron chi connectivity index (χ4n) is 4.11. The summed E-state index contributed by atoms with van der Waals surface area (Å²) in [5, 5.41) is 5.08. The third-order valence-electron chi connectivity index (χ3n) is 5.81. The highest BCUT2D eigenvalue weighted by Crippen LogP contribution is 2.29. The summed E-state index contributed by atoms with van der Waals surface area (Å²) in [5.41, 5.74) is 3.08. The van der Waals surface area contributed by atoms with Crippen molar-refractivity contribution >= 4 is 74.5 Å². The zero-order valence-electron chi connectivity index (χ0n) is 18.0. The van der Waals surface area contributed by atoms with Crippen LogP contribution < -0.4 is 0 Å². The van der Waals surface area contributed by atoms with Crippen molar-refractivity contribution in [1.82, 2.24) is 0 Å². The Hall–Kier alpha value is 0.620. The smallest absolute Gasteiger partial charge is 0.0186 e. The van der Waals surface area contributed by atoms with E-state index in [1.165, 1.54) is 80.5 Å². The Bertz CT molecular complexity index is 715. The maximum Gasteiger partial charge on any atom is 0.0186 e. The molecule has 168 valence electrons. The van der Waals surface area contributed by atoms with Crippen molar-refractivity contribution < 1.29 is 0 Å². The minimum absolute atomic E-state index is 0.559. The van der Waals surface area contributed by atoms with E-state index in [-0.39, 0.29) is 0 Å². The normalized spacial score (nSPS) is 13.6. The molecule has 0 saturated carbocycles. The third kappa shape index (κ3) is 10.0. The summed E-state index contributed by atoms with van der Waals surface area (Å²) in [6.07, 6.45) is 15.4. The molecule has 2 atom stereocenters. The van der Waals surface area contributed by atoms with Gasteiger partial charge in [-0.1, -0.05) is 139 Å². The van der Waals surface area contributed by atoms with E-state index >= 15 is 0 Å². The van der Waals surface area contributed by atoms with Crippen LogP contribution in [0.4, 0.5) is 0 Å². The average Bonchev–Trinajstić information content (AvgIpc) is 2.75. The molecule has 0 aliphatic carbocycles. The third-order valence-corrected chi connectivity index (χ3v) is 8.49. The quantitative estimate of drug-likeness (QED) is 0.123. The average molecular weight is 668 g/mol. The molecule has 0 bridgehead atoms. The Morgan fingerprint density at radius 1 is 0.600 bits per heavy atom. The van der Waals surface area contributed by atoms with E-state index in [2.05, 4.69) is 100 Å². The highest BCUT2D eigenvalue weighted by atomic mass is 79.9. The van der Waals surface area contributed by atoms with Crippen LogP contribution in [-0.4, -0.2) is 20.3 Å². The van der Waals surface area contributed by atoms with E-state index in [1.54, 1.807) is 5.56 Å². The second-order valence-corrected chi connectivity index (χ2v) is 12.5. The number of alkyl halides is 4. The molecule has 0 N–H and O–H groups in total. The summed E-state index contributed by atoms with van der Waals surface area (Å²) >= 11 is 15.1. The summed E-state index contributed by atoms with van der Waals surface area (Å²) < 4.78 is 0. The molecular weight excluding hydrogens is 632 g/mol. The van der Waals surface area contributed by atoms with E-state index < -0.39 is 0 Å². The highest BCUT2D eigenvalue weighted by molar-refractivity contribution is 9.10. The number of hydrogen-bond donors (Lipinski definition) is 0. The first-order chi connectivity index (χ1) is 14.7. The molecular formula is C26H36Br4. The number of unbranched alkanes of at least 4 members (excludes halogenated alkanes) is 6. The standard InChI is InChI=1S/C26H36Br4/c27-17-9-3-1-5-12-23(29)19-22-16-15-21-11-7-8-14-25(21)26(22)20-24(30)13-6-2-4-10-18-28/h7-8,11,14-16,23-24H,1-6,9-10,12-13,17-20H2. The van der Waals surface area contributed by atoms with E-state index in [0.717, 1.165) is 23.5 Å². The zero-order chi connectivity index (χ0) is 21.6.